The summed E-state index contributed by atoms with van der Waals surface area (Å²) >= 11 is 0. The summed E-state index contributed by atoms with van der Waals surface area (Å²) < 4.78 is 10.3. The number of nitrogens with zero attached hydrogens (tertiary/aromatic N) is 2. The van der Waals surface area contributed by atoms with Crippen molar-refractivity contribution in [3.8, 4) is 11.5 Å². The average Bonchev–Trinajstić information content (AvgIpc) is 2.78. The first-order valence-corrected chi connectivity index (χ1v) is 9.72. The number of carbonyl (C=O) groups is 1. The summed E-state index contributed by atoms with van der Waals surface area (Å²) in [7, 11) is 4.90. The molecule has 0 saturated heterocycles. The highest BCUT2D eigenvalue weighted by molar-refractivity contribution is 5.96. The summed E-state index contributed by atoms with van der Waals surface area (Å²) in [5, 5.41) is 16.2. The Kier molecular flexibility index (Phi) is 6.71. The summed E-state index contributed by atoms with van der Waals surface area (Å²) in [6, 6.07) is 15.8. The molecule has 0 aliphatic carbocycles. The Hall–Kier alpha value is -3.65. The van der Waals surface area contributed by atoms with Gasteiger partial charge < -0.3 is 14.8 Å². The molecule has 0 spiro atoms. The molecule has 3 aromatic carbocycles. The predicted molar refractivity (Wildman–Crippen MR) is 120 cm³/mol. The van der Waals surface area contributed by atoms with Gasteiger partial charge in [0.05, 0.1) is 31.3 Å². The lowest BCUT2D eigenvalue weighted by atomic mass is 10.1. The topological polar surface area (TPSA) is 93.9 Å². The second-order valence-corrected chi connectivity index (χ2v) is 7.27. The molecule has 8 nitrogen and oxygen atoms in total. The molecule has 0 aliphatic heterocycles. The van der Waals surface area contributed by atoms with E-state index >= 15 is 0 Å². The van der Waals surface area contributed by atoms with Crippen molar-refractivity contribution in [1.29, 1.82) is 0 Å². The average molecular weight is 423 g/mol. The van der Waals surface area contributed by atoms with Gasteiger partial charge in [-0.3, -0.25) is 19.8 Å². The van der Waals surface area contributed by atoms with E-state index in [0.717, 1.165) is 22.1 Å². The molecule has 0 heterocycles. The van der Waals surface area contributed by atoms with Crippen LogP contribution in [0.15, 0.2) is 54.6 Å². The van der Waals surface area contributed by atoms with Gasteiger partial charge in [-0.2, -0.15) is 0 Å². The molecule has 0 saturated carbocycles. The molecule has 3 rings (SSSR count). The van der Waals surface area contributed by atoms with Gasteiger partial charge in [-0.25, -0.2) is 0 Å². The van der Waals surface area contributed by atoms with Crippen molar-refractivity contribution < 1.29 is 19.2 Å². The quantitative estimate of drug-likeness (QED) is 0.431. The Morgan fingerprint density at radius 1 is 1.03 bits per heavy atom. The number of nitrogens with one attached hydrogen (secondary N) is 1. The fraction of sp³-hybridized carbons (Fsp3) is 0.261. The molecule has 0 radical (unpaired) electrons. The fourth-order valence-corrected chi connectivity index (χ4v) is 3.26. The standard InChI is InChI=1S/C23H25N3O5/c1-15(23(27)24-21-10-9-20(31-4)13-22(21)26(28)29)25(2)14-16-5-6-18-12-19(30-3)8-7-17(18)11-16/h5-13,15H,14H2,1-4H3,(H,24,27). The van der Waals surface area contributed by atoms with E-state index in [9.17, 15) is 14.9 Å². The van der Waals surface area contributed by atoms with Gasteiger partial charge in [0.1, 0.15) is 17.2 Å². The van der Waals surface area contributed by atoms with E-state index in [-0.39, 0.29) is 17.3 Å². The monoisotopic (exact) mass is 423 g/mol. The highest BCUT2D eigenvalue weighted by Gasteiger charge is 2.22. The minimum absolute atomic E-state index is 0.135. The van der Waals surface area contributed by atoms with Crippen LogP contribution in [0.1, 0.15) is 12.5 Å². The third-order valence-corrected chi connectivity index (χ3v) is 5.24. The normalized spacial score (nSPS) is 11.9. The highest BCUT2D eigenvalue weighted by atomic mass is 16.6. The molecule has 1 atom stereocenters. The van der Waals surface area contributed by atoms with Gasteiger partial charge in [-0.05, 0) is 60.6 Å². The van der Waals surface area contributed by atoms with Crippen LogP contribution >= 0.6 is 0 Å². The number of nitro benzene ring substituents is 1. The molecule has 3 aromatic rings. The van der Waals surface area contributed by atoms with Crippen LogP contribution in [-0.2, 0) is 11.3 Å². The molecule has 8 heteroatoms. The summed E-state index contributed by atoms with van der Waals surface area (Å²) in [5.74, 6) is 0.820. The number of carbonyl (C=O) groups excluding carboxylic acids is 1. The van der Waals surface area contributed by atoms with E-state index in [1.807, 2.05) is 42.3 Å². The molecule has 162 valence electrons. The van der Waals surface area contributed by atoms with Crippen LogP contribution in [0.5, 0.6) is 11.5 Å². The van der Waals surface area contributed by atoms with Crippen molar-refractivity contribution in [2.75, 3.05) is 26.6 Å². The molecule has 31 heavy (non-hydrogen) atoms. The van der Waals surface area contributed by atoms with Crippen LogP contribution in [0.3, 0.4) is 0 Å². The molecular formula is C23H25N3O5. The van der Waals surface area contributed by atoms with Crippen molar-refractivity contribution in [2.45, 2.75) is 19.5 Å². The Morgan fingerprint density at radius 2 is 1.65 bits per heavy atom. The fourth-order valence-electron chi connectivity index (χ4n) is 3.26. The van der Waals surface area contributed by atoms with Gasteiger partial charge in [0, 0.05) is 6.54 Å². The van der Waals surface area contributed by atoms with Gasteiger partial charge in [0.2, 0.25) is 5.91 Å². The Labute approximate surface area is 180 Å². The Balaban J connectivity index is 1.71. The maximum Gasteiger partial charge on any atom is 0.296 e. The van der Waals surface area contributed by atoms with Crippen molar-refractivity contribution in [3.05, 3.63) is 70.3 Å². The molecule has 1 N–H and O–H groups in total. The zero-order valence-electron chi connectivity index (χ0n) is 17.9. The lowest BCUT2D eigenvalue weighted by Crippen LogP contribution is -2.39. The first-order chi connectivity index (χ1) is 14.8. The molecule has 0 aromatic heterocycles. The highest BCUT2D eigenvalue weighted by Crippen LogP contribution is 2.29. The van der Waals surface area contributed by atoms with Crippen molar-refractivity contribution in [3.63, 3.8) is 0 Å². The third kappa shape index (κ3) is 5.10. The van der Waals surface area contributed by atoms with Crippen LogP contribution in [0, 0.1) is 10.1 Å². The number of anilines is 1. The number of likely N-dealkylation sites (N-methyl/N-ethyl adjacent to an activating group) is 1. The summed E-state index contributed by atoms with van der Waals surface area (Å²) in [5.41, 5.74) is 0.971. The van der Waals surface area contributed by atoms with Gasteiger partial charge in [0.15, 0.2) is 0 Å². The number of hydrogen-bond acceptors (Lipinski definition) is 6. The van der Waals surface area contributed by atoms with Crippen molar-refractivity contribution >= 4 is 28.1 Å². The summed E-state index contributed by atoms with van der Waals surface area (Å²) in [4.78, 5) is 25.4. The number of hydrogen-bond donors (Lipinski definition) is 1. The molecule has 1 amide bonds. The van der Waals surface area contributed by atoms with Gasteiger partial charge in [-0.15, -0.1) is 0 Å². The Bertz CT molecular complexity index is 1120. The lowest BCUT2D eigenvalue weighted by molar-refractivity contribution is -0.384. The van der Waals surface area contributed by atoms with Crippen molar-refractivity contribution in [2.24, 2.45) is 0 Å². The van der Waals surface area contributed by atoms with E-state index in [2.05, 4.69) is 11.4 Å². The molecule has 0 fully saturated rings. The number of nitro groups is 1. The zero-order valence-corrected chi connectivity index (χ0v) is 17.9. The third-order valence-electron chi connectivity index (χ3n) is 5.24. The number of amides is 1. The first-order valence-electron chi connectivity index (χ1n) is 9.72. The van der Waals surface area contributed by atoms with E-state index in [0.29, 0.717) is 12.3 Å². The largest absolute Gasteiger partial charge is 0.497 e. The van der Waals surface area contributed by atoms with E-state index in [1.165, 1.54) is 19.2 Å². The molecule has 1 unspecified atom stereocenters. The van der Waals surface area contributed by atoms with Crippen LogP contribution in [-0.4, -0.2) is 43.0 Å². The minimum Gasteiger partial charge on any atom is -0.497 e. The molecule has 0 bridgehead atoms. The van der Waals surface area contributed by atoms with Crippen LogP contribution in [0.2, 0.25) is 0 Å². The first kappa shape index (κ1) is 22.0. The zero-order chi connectivity index (χ0) is 22.5. The molecular weight excluding hydrogens is 398 g/mol. The van der Waals surface area contributed by atoms with E-state index in [1.54, 1.807) is 20.1 Å². The Morgan fingerprint density at radius 3 is 2.32 bits per heavy atom. The van der Waals surface area contributed by atoms with Crippen LogP contribution in [0.4, 0.5) is 11.4 Å². The second-order valence-electron chi connectivity index (χ2n) is 7.27. The van der Waals surface area contributed by atoms with Crippen LogP contribution < -0.4 is 14.8 Å². The minimum atomic E-state index is -0.545. The van der Waals surface area contributed by atoms with Gasteiger partial charge >= 0.3 is 0 Å². The predicted octanol–water partition coefficient (Wildman–Crippen LogP) is 4.22. The number of ether oxygens (including phenoxy) is 2. The smallest absolute Gasteiger partial charge is 0.296 e. The SMILES string of the molecule is COc1ccc(NC(=O)C(C)N(C)Cc2ccc3cc(OC)ccc3c2)c([N+](=O)[O-])c1. The van der Waals surface area contributed by atoms with Gasteiger partial charge in [0.25, 0.3) is 5.69 Å². The van der Waals surface area contributed by atoms with E-state index in [4.69, 9.17) is 9.47 Å². The summed E-state index contributed by atoms with van der Waals surface area (Å²) in [6.45, 7) is 2.30. The van der Waals surface area contributed by atoms with E-state index < -0.39 is 11.0 Å². The number of benzene rings is 3. The number of fused-ring (bicyclic) bond motifs is 1. The van der Waals surface area contributed by atoms with Gasteiger partial charge in [-0.1, -0.05) is 18.2 Å². The summed E-state index contributed by atoms with van der Waals surface area (Å²) in [6.07, 6.45) is 0. The second kappa shape index (κ2) is 9.44. The van der Waals surface area contributed by atoms with Crippen molar-refractivity contribution in [1.82, 2.24) is 4.90 Å². The maximum atomic E-state index is 12.7. The molecule has 0 aliphatic rings. The maximum absolute atomic E-state index is 12.7. The number of methoxy groups -OCH3 is 2. The number of rotatable bonds is 8. The lowest BCUT2D eigenvalue weighted by Gasteiger charge is -2.24. The van der Waals surface area contributed by atoms with Crippen LogP contribution in [0.25, 0.3) is 10.8 Å².